The molecule has 1 fully saturated rings. The highest BCUT2D eigenvalue weighted by Gasteiger charge is 2.43. The Morgan fingerprint density at radius 2 is 2.00 bits per heavy atom. The number of amides is 2. The van der Waals surface area contributed by atoms with Crippen molar-refractivity contribution in [2.24, 2.45) is 11.7 Å². The minimum absolute atomic E-state index is 0.00940. The van der Waals surface area contributed by atoms with E-state index in [1.807, 2.05) is 31.2 Å². The van der Waals surface area contributed by atoms with Gasteiger partial charge in [0, 0.05) is 37.5 Å². The van der Waals surface area contributed by atoms with Crippen molar-refractivity contribution >= 4 is 12.0 Å². The zero-order valence-corrected chi connectivity index (χ0v) is 21.0. The first-order valence-electron chi connectivity index (χ1n) is 12.9. The summed E-state index contributed by atoms with van der Waals surface area (Å²) in [6, 6.07) is 12.4. The molecular weight excluding hydrogens is 461 g/mol. The molecule has 5 N–H and O–H groups in total. The predicted octanol–water partition coefficient (Wildman–Crippen LogP) is 4.27. The van der Waals surface area contributed by atoms with Crippen LogP contribution in [0.3, 0.4) is 0 Å². The van der Waals surface area contributed by atoms with Crippen LogP contribution in [0.2, 0.25) is 0 Å². The van der Waals surface area contributed by atoms with Crippen LogP contribution in [0.5, 0.6) is 0 Å². The van der Waals surface area contributed by atoms with E-state index in [2.05, 4.69) is 5.32 Å². The molecule has 0 spiro atoms. The molecule has 3 rings (SSSR count). The number of piperidine rings is 1. The van der Waals surface area contributed by atoms with E-state index in [4.69, 9.17) is 10.8 Å². The maximum Gasteiger partial charge on any atom is 0.404 e. The highest BCUT2D eigenvalue weighted by molar-refractivity contribution is 5.76. The van der Waals surface area contributed by atoms with Crippen LogP contribution in [-0.2, 0) is 16.8 Å². The summed E-state index contributed by atoms with van der Waals surface area (Å²) >= 11 is 0. The lowest BCUT2D eigenvalue weighted by Gasteiger charge is -2.43. The number of hydrogen-bond donors (Lipinski definition) is 4. The van der Waals surface area contributed by atoms with E-state index in [1.165, 1.54) is 6.07 Å². The van der Waals surface area contributed by atoms with E-state index < -0.39 is 17.5 Å². The second-order valence-corrected chi connectivity index (χ2v) is 9.55. The molecule has 1 heterocycles. The molecule has 0 unspecified atom stereocenters. The molecule has 0 saturated carbocycles. The van der Waals surface area contributed by atoms with Gasteiger partial charge < -0.3 is 26.2 Å². The van der Waals surface area contributed by atoms with E-state index in [9.17, 15) is 14.7 Å². The first-order chi connectivity index (χ1) is 17.3. The summed E-state index contributed by atoms with van der Waals surface area (Å²) in [6.07, 6.45) is 2.63. The smallest absolute Gasteiger partial charge is 0.404 e. The molecule has 0 aliphatic carbocycles. The molecule has 1 aliphatic heterocycles. The second-order valence-electron chi connectivity index (χ2n) is 9.55. The fourth-order valence-corrected chi connectivity index (χ4v) is 5.24. The molecular formula is C28H38FN3O4. The summed E-state index contributed by atoms with van der Waals surface area (Å²) in [5, 5.41) is 23.7. The first-order valence-corrected chi connectivity index (χ1v) is 12.9. The monoisotopic (exact) mass is 499 g/mol. The van der Waals surface area contributed by atoms with Gasteiger partial charge in [-0.05, 0) is 67.8 Å². The number of carbonyl (C=O) groups is 2. The Balaban J connectivity index is 2.02. The van der Waals surface area contributed by atoms with Crippen molar-refractivity contribution in [3.05, 3.63) is 59.4 Å². The van der Waals surface area contributed by atoms with Crippen molar-refractivity contribution in [1.29, 1.82) is 0 Å². The number of benzene rings is 2. The molecule has 0 aromatic heterocycles. The van der Waals surface area contributed by atoms with E-state index >= 15 is 4.39 Å². The standard InChI is InChI=1S/C28H38FN3O4/c1-2-20-8-3-9-21(18-20)26-23(11-4-12-24(26)29)28(36,14-7-16-31-27(34)35)22-10-6-17-32(19-22)25(33)13-5-15-30/h3-4,8-9,11-12,18,22,31,36H,2,5-7,10,13-17,19,30H2,1H3,(H,34,35)/t22-,28+/m1/s1. The Labute approximate surface area is 212 Å². The van der Waals surface area contributed by atoms with Gasteiger partial charge in [0.05, 0.1) is 5.60 Å². The highest BCUT2D eigenvalue weighted by atomic mass is 19.1. The summed E-state index contributed by atoms with van der Waals surface area (Å²) in [5.41, 5.74) is 6.71. The van der Waals surface area contributed by atoms with Crippen LogP contribution in [0, 0.1) is 11.7 Å². The van der Waals surface area contributed by atoms with Crippen molar-refractivity contribution in [2.45, 2.75) is 57.5 Å². The summed E-state index contributed by atoms with van der Waals surface area (Å²) in [5.74, 6) is -0.738. The molecule has 36 heavy (non-hydrogen) atoms. The highest BCUT2D eigenvalue weighted by Crippen LogP contribution is 2.44. The predicted molar refractivity (Wildman–Crippen MR) is 138 cm³/mol. The lowest BCUT2D eigenvalue weighted by atomic mass is 9.72. The number of rotatable bonds is 11. The molecule has 2 aromatic carbocycles. The Kier molecular flexibility index (Phi) is 9.84. The van der Waals surface area contributed by atoms with E-state index in [-0.39, 0.29) is 24.8 Å². The molecule has 2 amide bonds. The lowest BCUT2D eigenvalue weighted by molar-refractivity contribution is -0.136. The van der Waals surface area contributed by atoms with Crippen LogP contribution in [0.1, 0.15) is 56.6 Å². The van der Waals surface area contributed by atoms with Crippen LogP contribution in [-0.4, -0.2) is 53.3 Å². The summed E-state index contributed by atoms with van der Waals surface area (Å²) < 4.78 is 15.4. The van der Waals surface area contributed by atoms with Gasteiger partial charge in [0.2, 0.25) is 5.91 Å². The minimum atomic E-state index is -1.45. The molecule has 0 radical (unpaired) electrons. The van der Waals surface area contributed by atoms with Crippen LogP contribution in [0.15, 0.2) is 42.5 Å². The summed E-state index contributed by atoms with van der Waals surface area (Å²) in [7, 11) is 0. The zero-order valence-electron chi connectivity index (χ0n) is 21.0. The maximum absolute atomic E-state index is 15.4. The average molecular weight is 500 g/mol. The number of nitrogens with zero attached hydrogens (tertiary/aromatic N) is 1. The van der Waals surface area contributed by atoms with Crippen molar-refractivity contribution in [1.82, 2.24) is 10.2 Å². The molecule has 2 aromatic rings. The number of nitrogens with two attached hydrogens (primary N) is 1. The Bertz CT molecular complexity index is 1050. The lowest BCUT2D eigenvalue weighted by Crippen LogP contribution is -2.48. The van der Waals surface area contributed by atoms with Crippen molar-refractivity contribution < 1.29 is 24.2 Å². The SMILES string of the molecule is CCc1cccc(-c2c(F)cccc2[C@](O)(CCCNC(=O)O)[C@@H]2CCCN(C(=O)CCCN)C2)c1. The van der Waals surface area contributed by atoms with Gasteiger partial charge in [0.15, 0.2) is 0 Å². The molecule has 8 heteroatoms. The molecule has 1 aliphatic rings. The number of carboxylic acid groups (broad SMARTS) is 1. The number of halogens is 1. The molecule has 1 saturated heterocycles. The van der Waals surface area contributed by atoms with Gasteiger partial charge >= 0.3 is 6.09 Å². The number of carbonyl (C=O) groups excluding carboxylic acids is 1. The first kappa shape index (κ1) is 27.6. The largest absolute Gasteiger partial charge is 0.465 e. The number of aryl methyl sites for hydroxylation is 1. The van der Waals surface area contributed by atoms with Gasteiger partial charge in [0.25, 0.3) is 0 Å². The summed E-state index contributed by atoms with van der Waals surface area (Å²) in [6.45, 7) is 3.61. The Morgan fingerprint density at radius 3 is 2.72 bits per heavy atom. The number of likely N-dealkylation sites (tertiary alicyclic amines) is 1. The van der Waals surface area contributed by atoms with Crippen LogP contribution >= 0.6 is 0 Å². The third-order valence-electron chi connectivity index (χ3n) is 7.16. The second kappa shape index (κ2) is 12.8. The van der Waals surface area contributed by atoms with Gasteiger partial charge in [-0.25, -0.2) is 9.18 Å². The molecule has 0 bridgehead atoms. The van der Waals surface area contributed by atoms with Crippen LogP contribution < -0.4 is 11.1 Å². The van der Waals surface area contributed by atoms with Gasteiger partial charge in [-0.1, -0.05) is 43.3 Å². The number of hydrogen-bond acceptors (Lipinski definition) is 4. The van der Waals surface area contributed by atoms with E-state index in [0.29, 0.717) is 62.0 Å². The van der Waals surface area contributed by atoms with Gasteiger partial charge in [-0.3, -0.25) is 4.79 Å². The fraction of sp³-hybridized carbons (Fsp3) is 0.500. The quantitative estimate of drug-likeness (QED) is 0.345. The van der Waals surface area contributed by atoms with E-state index in [1.54, 1.807) is 17.0 Å². The third-order valence-corrected chi connectivity index (χ3v) is 7.16. The normalized spacial score (nSPS) is 17.4. The maximum atomic E-state index is 15.4. The molecule has 196 valence electrons. The minimum Gasteiger partial charge on any atom is -0.465 e. The van der Waals surface area contributed by atoms with E-state index in [0.717, 1.165) is 18.4 Å². The van der Waals surface area contributed by atoms with Gasteiger partial charge in [-0.15, -0.1) is 0 Å². The average Bonchev–Trinajstić information content (AvgIpc) is 2.89. The molecule has 7 nitrogen and oxygen atoms in total. The zero-order chi connectivity index (χ0) is 26.1. The van der Waals surface area contributed by atoms with Crippen LogP contribution in [0.25, 0.3) is 11.1 Å². The summed E-state index contributed by atoms with van der Waals surface area (Å²) in [4.78, 5) is 25.5. The third kappa shape index (κ3) is 6.62. The molecule has 2 atom stereocenters. The number of aliphatic hydroxyl groups is 1. The van der Waals surface area contributed by atoms with Crippen molar-refractivity contribution in [2.75, 3.05) is 26.2 Å². The number of nitrogens with one attached hydrogen (secondary N) is 1. The van der Waals surface area contributed by atoms with Crippen molar-refractivity contribution in [3.63, 3.8) is 0 Å². The van der Waals surface area contributed by atoms with Crippen LogP contribution in [0.4, 0.5) is 9.18 Å². The van der Waals surface area contributed by atoms with Gasteiger partial charge in [-0.2, -0.15) is 0 Å². The Hall–Kier alpha value is -2.97. The topological polar surface area (TPSA) is 116 Å². The fourth-order valence-electron chi connectivity index (χ4n) is 5.24. The van der Waals surface area contributed by atoms with Crippen molar-refractivity contribution in [3.8, 4) is 11.1 Å². The Morgan fingerprint density at radius 1 is 1.22 bits per heavy atom. The van der Waals surface area contributed by atoms with Gasteiger partial charge in [0.1, 0.15) is 5.82 Å².